The van der Waals surface area contributed by atoms with Crippen LogP contribution in [0.1, 0.15) is 20.9 Å². The second-order valence-corrected chi connectivity index (χ2v) is 8.36. The van der Waals surface area contributed by atoms with Crippen LogP contribution in [0.5, 0.6) is 0 Å². The Labute approximate surface area is 163 Å². The van der Waals surface area contributed by atoms with E-state index in [1.54, 1.807) is 25.3 Å². The minimum Gasteiger partial charge on any atom is -0.321 e. The Morgan fingerprint density at radius 2 is 1.81 bits per heavy atom. The quantitative estimate of drug-likeness (QED) is 0.552. The molecule has 5 nitrogen and oxygen atoms in total. The van der Waals surface area contributed by atoms with Crippen LogP contribution in [0.15, 0.2) is 47.3 Å². The van der Waals surface area contributed by atoms with Gasteiger partial charge in [-0.15, -0.1) is 11.3 Å². The van der Waals surface area contributed by atoms with E-state index in [9.17, 15) is 9.59 Å². The molecular weight excluding hydrogens is 378 g/mol. The van der Waals surface area contributed by atoms with Crippen molar-refractivity contribution in [1.29, 1.82) is 0 Å². The molecule has 0 radical (unpaired) electrons. The van der Waals surface area contributed by atoms with Gasteiger partial charge in [0, 0.05) is 24.0 Å². The fourth-order valence-electron chi connectivity index (χ4n) is 2.77. The Morgan fingerprint density at radius 1 is 1.07 bits per heavy atom. The first-order chi connectivity index (χ1) is 12.9. The molecule has 27 heavy (non-hydrogen) atoms. The second-order valence-electron chi connectivity index (χ2n) is 6.36. The number of amides is 1. The van der Waals surface area contributed by atoms with E-state index in [0.29, 0.717) is 16.3 Å². The summed E-state index contributed by atoms with van der Waals surface area (Å²) in [5.74, 6) is -0.265. The van der Waals surface area contributed by atoms with E-state index in [-0.39, 0.29) is 10.8 Å². The zero-order valence-corrected chi connectivity index (χ0v) is 16.7. The highest BCUT2D eigenvalue weighted by Crippen LogP contribution is 2.31. The van der Waals surface area contributed by atoms with Gasteiger partial charge in [0.25, 0.3) is 5.91 Å². The lowest BCUT2D eigenvalue weighted by Crippen LogP contribution is -2.12. The molecule has 0 bridgehead atoms. The molecule has 2 heterocycles. The van der Waals surface area contributed by atoms with E-state index < -0.39 is 0 Å². The largest absolute Gasteiger partial charge is 0.321 e. The van der Waals surface area contributed by atoms with Gasteiger partial charge in [-0.25, -0.2) is 4.98 Å². The minimum absolute atomic E-state index is 0.140. The molecule has 0 spiro atoms. The van der Waals surface area contributed by atoms with Crippen molar-refractivity contribution in [1.82, 2.24) is 9.55 Å². The molecule has 136 valence electrons. The molecule has 1 amide bonds. The van der Waals surface area contributed by atoms with E-state index in [1.165, 1.54) is 10.1 Å². The summed E-state index contributed by atoms with van der Waals surface area (Å²) in [6.07, 6.45) is 0. The topological polar surface area (TPSA) is 64.0 Å². The third-order valence-electron chi connectivity index (χ3n) is 4.43. The molecule has 4 aromatic rings. The molecule has 0 saturated heterocycles. The highest BCUT2D eigenvalue weighted by Gasteiger charge is 2.16. The van der Waals surface area contributed by atoms with Gasteiger partial charge in [-0.05, 0) is 55.8 Å². The molecule has 1 N–H and O–H groups in total. The summed E-state index contributed by atoms with van der Waals surface area (Å²) < 4.78 is 2.65. The fraction of sp³-hybridized carbons (Fsp3) is 0.150. The Bertz CT molecular complexity index is 1220. The molecule has 4 rings (SSSR count). The van der Waals surface area contributed by atoms with Gasteiger partial charge in [-0.3, -0.25) is 9.59 Å². The number of carbonyl (C=O) groups excluding carboxylic acids is 1. The van der Waals surface area contributed by atoms with Crippen molar-refractivity contribution in [2.45, 2.75) is 13.8 Å². The Balaban J connectivity index is 1.57. The Morgan fingerprint density at radius 3 is 2.48 bits per heavy atom. The SMILES string of the molecule is Cc1ccc2nc(-c3ccc(NC(=O)c4sc(=O)n(C)c4C)cc3)sc2c1. The summed E-state index contributed by atoms with van der Waals surface area (Å²) in [5.41, 5.74) is 4.57. The van der Waals surface area contributed by atoms with E-state index in [0.717, 1.165) is 32.1 Å². The van der Waals surface area contributed by atoms with Crippen molar-refractivity contribution in [2.24, 2.45) is 7.05 Å². The van der Waals surface area contributed by atoms with Crippen LogP contribution in [-0.4, -0.2) is 15.5 Å². The number of benzene rings is 2. The maximum Gasteiger partial charge on any atom is 0.307 e. The molecule has 7 heteroatoms. The maximum atomic E-state index is 12.4. The van der Waals surface area contributed by atoms with Gasteiger partial charge in [0.15, 0.2) is 0 Å². The van der Waals surface area contributed by atoms with Crippen molar-refractivity contribution < 1.29 is 4.79 Å². The fourth-order valence-corrected chi connectivity index (χ4v) is 4.71. The van der Waals surface area contributed by atoms with E-state index in [4.69, 9.17) is 0 Å². The number of nitrogens with zero attached hydrogens (tertiary/aromatic N) is 2. The lowest BCUT2D eigenvalue weighted by Gasteiger charge is -2.05. The first-order valence-corrected chi connectivity index (χ1v) is 10.0. The molecule has 0 unspecified atom stereocenters. The number of fused-ring (bicyclic) bond motifs is 1. The van der Waals surface area contributed by atoms with Crippen LogP contribution in [0.4, 0.5) is 5.69 Å². The number of aromatic nitrogens is 2. The average Bonchev–Trinajstić information content (AvgIpc) is 3.18. The van der Waals surface area contributed by atoms with Crippen LogP contribution >= 0.6 is 22.7 Å². The molecule has 0 aliphatic carbocycles. The van der Waals surface area contributed by atoms with Crippen molar-refractivity contribution in [3.05, 3.63) is 68.3 Å². The number of carbonyl (C=O) groups is 1. The van der Waals surface area contributed by atoms with Gasteiger partial charge < -0.3 is 9.88 Å². The molecule has 0 saturated carbocycles. The number of aryl methyl sites for hydroxylation is 1. The zero-order valence-electron chi connectivity index (χ0n) is 15.1. The summed E-state index contributed by atoms with van der Waals surface area (Å²) >= 11 is 2.61. The summed E-state index contributed by atoms with van der Waals surface area (Å²) in [7, 11) is 1.67. The highest BCUT2D eigenvalue weighted by atomic mass is 32.1. The van der Waals surface area contributed by atoms with Gasteiger partial charge in [-0.2, -0.15) is 0 Å². The van der Waals surface area contributed by atoms with Gasteiger partial charge in [0.1, 0.15) is 9.88 Å². The van der Waals surface area contributed by atoms with E-state index >= 15 is 0 Å². The summed E-state index contributed by atoms with van der Waals surface area (Å²) in [6.45, 7) is 3.84. The predicted octanol–water partition coefficient (Wildman–Crippen LogP) is 4.59. The van der Waals surface area contributed by atoms with Crippen molar-refractivity contribution in [3.8, 4) is 10.6 Å². The van der Waals surface area contributed by atoms with Gasteiger partial charge in [0.2, 0.25) is 0 Å². The Kier molecular flexibility index (Phi) is 4.41. The lowest BCUT2D eigenvalue weighted by atomic mass is 10.2. The molecule has 0 aliphatic heterocycles. The molecule has 2 aromatic heterocycles. The van der Waals surface area contributed by atoms with E-state index in [1.807, 2.05) is 30.3 Å². The normalized spacial score (nSPS) is 11.1. The first-order valence-electron chi connectivity index (χ1n) is 8.38. The summed E-state index contributed by atoms with van der Waals surface area (Å²) in [5, 5.41) is 3.80. The maximum absolute atomic E-state index is 12.4. The predicted molar refractivity (Wildman–Crippen MR) is 112 cm³/mol. The monoisotopic (exact) mass is 395 g/mol. The van der Waals surface area contributed by atoms with Gasteiger partial charge >= 0.3 is 4.87 Å². The van der Waals surface area contributed by atoms with Crippen LogP contribution in [0.25, 0.3) is 20.8 Å². The second kappa shape index (κ2) is 6.75. The number of thiazole rings is 2. The van der Waals surface area contributed by atoms with Crippen LogP contribution in [0, 0.1) is 13.8 Å². The Hall–Kier alpha value is -2.77. The van der Waals surface area contributed by atoms with Gasteiger partial charge in [-0.1, -0.05) is 17.4 Å². The molecule has 0 aliphatic rings. The number of nitrogens with one attached hydrogen (secondary N) is 1. The summed E-state index contributed by atoms with van der Waals surface area (Å²) in [4.78, 5) is 29.1. The molecule has 2 aromatic carbocycles. The van der Waals surface area contributed by atoms with Crippen LogP contribution in [-0.2, 0) is 7.05 Å². The standard InChI is InChI=1S/C20H17N3O2S2/c1-11-4-9-15-16(10-11)26-19(22-15)13-5-7-14(8-6-13)21-18(24)17-12(2)23(3)20(25)27-17/h4-10H,1-3H3,(H,21,24). The van der Waals surface area contributed by atoms with Crippen LogP contribution in [0.3, 0.4) is 0 Å². The third kappa shape index (κ3) is 3.31. The third-order valence-corrected chi connectivity index (χ3v) is 6.64. The average molecular weight is 396 g/mol. The van der Waals surface area contributed by atoms with Crippen molar-refractivity contribution in [3.63, 3.8) is 0 Å². The van der Waals surface area contributed by atoms with Crippen LogP contribution in [0.2, 0.25) is 0 Å². The lowest BCUT2D eigenvalue weighted by molar-refractivity contribution is 0.102. The van der Waals surface area contributed by atoms with E-state index in [2.05, 4.69) is 29.4 Å². The number of rotatable bonds is 3. The minimum atomic E-state index is -0.265. The van der Waals surface area contributed by atoms with Crippen LogP contribution < -0.4 is 10.2 Å². The van der Waals surface area contributed by atoms with Gasteiger partial charge in [0.05, 0.1) is 10.2 Å². The number of hydrogen-bond acceptors (Lipinski definition) is 5. The molecule has 0 fully saturated rings. The number of hydrogen-bond donors (Lipinski definition) is 1. The zero-order chi connectivity index (χ0) is 19.1. The highest BCUT2D eigenvalue weighted by molar-refractivity contribution is 7.21. The van der Waals surface area contributed by atoms with Crippen molar-refractivity contribution in [2.75, 3.05) is 5.32 Å². The number of anilines is 1. The summed E-state index contributed by atoms with van der Waals surface area (Å²) in [6, 6.07) is 13.8. The smallest absolute Gasteiger partial charge is 0.307 e. The van der Waals surface area contributed by atoms with Crippen molar-refractivity contribution >= 4 is 44.5 Å². The molecular formula is C20H17N3O2S2. The first kappa shape index (κ1) is 17.6. The molecule has 0 atom stereocenters.